The topological polar surface area (TPSA) is 67.8 Å². The Morgan fingerprint density at radius 3 is 2.78 bits per heavy atom. The highest BCUT2D eigenvalue weighted by Crippen LogP contribution is 2.53. The zero-order chi connectivity index (χ0) is 18.7. The van der Waals surface area contributed by atoms with Crippen LogP contribution in [0.2, 0.25) is 0 Å². The van der Waals surface area contributed by atoms with Crippen LogP contribution in [0, 0.1) is 12.8 Å². The van der Waals surface area contributed by atoms with Crippen LogP contribution in [0.3, 0.4) is 0 Å². The van der Waals surface area contributed by atoms with Crippen LogP contribution in [0.1, 0.15) is 45.4 Å². The van der Waals surface area contributed by atoms with Crippen molar-refractivity contribution in [3.05, 3.63) is 63.1 Å². The zero-order valence-electron chi connectivity index (χ0n) is 14.7. The molecule has 0 amide bonds. The first-order valence-corrected chi connectivity index (χ1v) is 9.73. The number of nitrogens with one attached hydrogen (secondary N) is 1. The molecular weight excluding hydrogens is 410 g/mol. The van der Waals surface area contributed by atoms with Crippen molar-refractivity contribution in [2.24, 2.45) is 5.92 Å². The Bertz CT molecular complexity index is 1000. The molecule has 138 valence electrons. The molecule has 0 bridgehead atoms. The minimum Gasteiger partial charge on any atom is -0.478 e. The molecule has 2 heterocycles. The Kier molecular flexibility index (Phi) is 3.72. The van der Waals surface area contributed by atoms with E-state index in [1.54, 1.807) is 6.07 Å². The smallest absolute Gasteiger partial charge is 0.336 e. The molecule has 3 aliphatic rings. The van der Waals surface area contributed by atoms with Crippen molar-refractivity contribution in [2.75, 3.05) is 12.1 Å². The quantitative estimate of drug-likeness (QED) is 0.659. The van der Waals surface area contributed by atoms with Gasteiger partial charge >= 0.3 is 5.97 Å². The van der Waals surface area contributed by atoms with Crippen LogP contribution in [0.15, 0.2) is 40.9 Å². The van der Waals surface area contributed by atoms with Gasteiger partial charge in [0.2, 0.25) is 6.79 Å². The summed E-state index contributed by atoms with van der Waals surface area (Å²) in [4.78, 5) is 11.6. The van der Waals surface area contributed by atoms with E-state index in [-0.39, 0.29) is 18.8 Å². The van der Waals surface area contributed by atoms with Gasteiger partial charge in [-0.2, -0.15) is 0 Å². The number of hydrogen-bond acceptors (Lipinski definition) is 4. The number of fused-ring (bicyclic) bond motifs is 4. The number of rotatable bonds is 2. The molecule has 0 aromatic heterocycles. The molecular formula is C21H18BrNO4. The molecule has 2 N–H and O–H groups in total. The van der Waals surface area contributed by atoms with Crippen LogP contribution < -0.4 is 14.8 Å². The third-order valence-corrected chi connectivity index (χ3v) is 6.54. The van der Waals surface area contributed by atoms with Crippen molar-refractivity contribution in [1.29, 1.82) is 0 Å². The Balaban J connectivity index is 1.64. The highest BCUT2D eigenvalue weighted by atomic mass is 79.9. The second-order valence-electron chi connectivity index (χ2n) is 7.21. The maximum atomic E-state index is 11.6. The maximum absolute atomic E-state index is 11.6. The molecule has 2 aromatic carbocycles. The minimum absolute atomic E-state index is 0.0455. The molecule has 2 aromatic rings. The molecule has 1 aliphatic carbocycles. The van der Waals surface area contributed by atoms with Gasteiger partial charge < -0.3 is 19.9 Å². The third-order valence-electron chi connectivity index (χ3n) is 5.85. The van der Waals surface area contributed by atoms with E-state index in [9.17, 15) is 9.90 Å². The Hall–Kier alpha value is -2.47. The van der Waals surface area contributed by atoms with E-state index in [2.05, 4.69) is 33.4 Å². The summed E-state index contributed by atoms with van der Waals surface area (Å²) in [5.41, 5.74) is 4.32. The third kappa shape index (κ3) is 2.46. The number of carbonyl (C=O) groups is 1. The van der Waals surface area contributed by atoms with Crippen molar-refractivity contribution in [3.8, 4) is 11.5 Å². The van der Waals surface area contributed by atoms with Crippen molar-refractivity contribution in [2.45, 2.75) is 25.3 Å². The summed E-state index contributed by atoms with van der Waals surface area (Å²) in [6, 6.07) is 7.70. The molecule has 0 saturated heterocycles. The number of anilines is 1. The number of carboxylic acids is 1. The summed E-state index contributed by atoms with van der Waals surface area (Å²) in [5.74, 6) is 1.22. The minimum atomic E-state index is -0.901. The van der Waals surface area contributed by atoms with Gasteiger partial charge in [0, 0.05) is 16.1 Å². The lowest BCUT2D eigenvalue weighted by Crippen LogP contribution is -2.30. The molecule has 0 unspecified atom stereocenters. The molecule has 2 aliphatic heterocycles. The fourth-order valence-corrected chi connectivity index (χ4v) is 5.09. The molecule has 0 radical (unpaired) electrons. The van der Waals surface area contributed by atoms with E-state index in [1.807, 2.05) is 25.1 Å². The standard InChI is InChI=1S/C21H18BrNO4/c1-10-11(21(24)25)5-6-14-12-3-2-4-13(12)20(23-19(10)14)15-7-17-18(8-16(15)22)27-9-26-17/h2-3,5-8,12-13,20,23H,4,9H2,1H3,(H,24,25)/t12-,13+,20-/m1/s1. The van der Waals surface area contributed by atoms with E-state index in [0.29, 0.717) is 11.5 Å². The average Bonchev–Trinajstić information content (AvgIpc) is 3.29. The van der Waals surface area contributed by atoms with Gasteiger partial charge in [-0.1, -0.05) is 34.1 Å². The molecule has 3 atom stereocenters. The first kappa shape index (κ1) is 16.7. The summed E-state index contributed by atoms with van der Waals surface area (Å²) in [6.45, 7) is 2.11. The van der Waals surface area contributed by atoms with Crippen LogP contribution in [0.4, 0.5) is 5.69 Å². The van der Waals surface area contributed by atoms with Gasteiger partial charge in [-0.05, 0) is 54.2 Å². The summed E-state index contributed by atoms with van der Waals surface area (Å²) < 4.78 is 12.0. The predicted octanol–water partition coefficient (Wildman–Crippen LogP) is 5.01. The number of halogens is 1. The van der Waals surface area contributed by atoms with E-state index < -0.39 is 5.97 Å². The van der Waals surface area contributed by atoms with E-state index in [1.165, 1.54) is 5.56 Å². The van der Waals surface area contributed by atoms with Gasteiger partial charge in [-0.15, -0.1) is 0 Å². The van der Waals surface area contributed by atoms with Gasteiger partial charge in [0.15, 0.2) is 11.5 Å². The lowest BCUT2D eigenvalue weighted by molar-refractivity contribution is 0.0696. The number of carboxylic acid groups (broad SMARTS) is 1. The molecule has 6 heteroatoms. The lowest BCUT2D eigenvalue weighted by atomic mass is 9.76. The molecule has 5 rings (SSSR count). The largest absolute Gasteiger partial charge is 0.478 e. The molecule has 27 heavy (non-hydrogen) atoms. The Morgan fingerprint density at radius 1 is 1.22 bits per heavy atom. The SMILES string of the molecule is Cc1c(C(=O)O)ccc2c1N[C@@H](c1cc3c(cc1Br)OCO3)[C@H]1CC=C[C@@H]21. The van der Waals surface area contributed by atoms with Crippen molar-refractivity contribution >= 4 is 27.6 Å². The van der Waals surface area contributed by atoms with E-state index in [4.69, 9.17) is 9.47 Å². The molecule has 0 fully saturated rings. The second-order valence-corrected chi connectivity index (χ2v) is 8.06. The summed E-state index contributed by atoms with van der Waals surface area (Å²) in [7, 11) is 0. The van der Waals surface area contributed by atoms with Gasteiger partial charge in [0.05, 0.1) is 11.6 Å². The zero-order valence-corrected chi connectivity index (χ0v) is 16.2. The first-order valence-electron chi connectivity index (χ1n) is 8.93. The van der Waals surface area contributed by atoms with Gasteiger partial charge in [-0.3, -0.25) is 0 Å². The predicted molar refractivity (Wildman–Crippen MR) is 105 cm³/mol. The Morgan fingerprint density at radius 2 is 2.00 bits per heavy atom. The molecule has 0 saturated carbocycles. The number of ether oxygens (including phenoxy) is 2. The Labute approximate surface area is 165 Å². The van der Waals surface area contributed by atoms with Crippen LogP contribution in [-0.4, -0.2) is 17.9 Å². The highest BCUT2D eigenvalue weighted by Gasteiger charge is 2.40. The lowest BCUT2D eigenvalue weighted by Gasteiger charge is -2.39. The van der Waals surface area contributed by atoms with E-state index >= 15 is 0 Å². The van der Waals surface area contributed by atoms with Gasteiger partial charge in [-0.25, -0.2) is 4.79 Å². The normalized spacial score (nSPS) is 24.3. The fourth-order valence-electron chi connectivity index (χ4n) is 4.53. The van der Waals surface area contributed by atoms with Crippen molar-refractivity contribution in [1.82, 2.24) is 0 Å². The maximum Gasteiger partial charge on any atom is 0.336 e. The number of benzene rings is 2. The van der Waals surface area contributed by atoms with Crippen molar-refractivity contribution in [3.63, 3.8) is 0 Å². The monoisotopic (exact) mass is 427 g/mol. The van der Waals surface area contributed by atoms with Crippen LogP contribution in [0.25, 0.3) is 0 Å². The highest BCUT2D eigenvalue weighted by molar-refractivity contribution is 9.10. The van der Waals surface area contributed by atoms with Gasteiger partial charge in [0.25, 0.3) is 0 Å². The van der Waals surface area contributed by atoms with Crippen LogP contribution in [-0.2, 0) is 0 Å². The molecule has 0 spiro atoms. The summed E-state index contributed by atoms with van der Waals surface area (Å²) >= 11 is 3.69. The first-order chi connectivity index (χ1) is 13.0. The average molecular weight is 428 g/mol. The van der Waals surface area contributed by atoms with E-state index in [0.717, 1.165) is 39.2 Å². The molecule has 5 nitrogen and oxygen atoms in total. The van der Waals surface area contributed by atoms with Gasteiger partial charge in [0.1, 0.15) is 0 Å². The number of allylic oxidation sites excluding steroid dienone is 2. The second kappa shape index (κ2) is 6.02. The number of hydrogen-bond donors (Lipinski definition) is 2. The summed E-state index contributed by atoms with van der Waals surface area (Å²) in [6.07, 6.45) is 5.45. The van der Waals surface area contributed by atoms with Crippen LogP contribution in [0.5, 0.6) is 11.5 Å². The van der Waals surface area contributed by atoms with Crippen molar-refractivity contribution < 1.29 is 19.4 Å². The number of aromatic carboxylic acids is 1. The fraction of sp³-hybridized carbons (Fsp3) is 0.286. The summed E-state index contributed by atoms with van der Waals surface area (Å²) in [5, 5.41) is 13.2. The van der Waals surface area contributed by atoms with Crippen LogP contribution >= 0.6 is 15.9 Å².